The molecule has 8 nitrogen and oxygen atoms in total. The van der Waals surface area contributed by atoms with E-state index in [1.807, 2.05) is 36.4 Å². The van der Waals surface area contributed by atoms with Crippen LogP contribution in [-0.2, 0) is 18.3 Å². The van der Waals surface area contributed by atoms with Crippen LogP contribution in [-0.4, -0.2) is 40.9 Å². The molecule has 0 atom stereocenters. The van der Waals surface area contributed by atoms with Gasteiger partial charge in [0.25, 0.3) is 5.56 Å². The zero-order valence-corrected chi connectivity index (χ0v) is 18.0. The van der Waals surface area contributed by atoms with Crippen molar-refractivity contribution >= 4 is 22.8 Å². The fourth-order valence-electron chi connectivity index (χ4n) is 4.09. The minimum absolute atomic E-state index is 0.130. The Kier molecular flexibility index (Phi) is 5.61. The molecule has 32 heavy (non-hydrogen) atoms. The lowest BCUT2D eigenvalue weighted by molar-refractivity contribution is -0.124. The van der Waals surface area contributed by atoms with Crippen molar-refractivity contribution in [2.45, 2.75) is 24.8 Å². The molecule has 0 unspecified atom stereocenters. The quantitative estimate of drug-likeness (QED) is 0.529. The van der Waals surface area contributed by atoms with Gasteiger partial charge in [-0.1, -0.05) is 30.3 Å². The van der Waals surface area contributed by atoms with E-state index < -0.39 is 11.6 Å². The molecule has 1 aromatic heterocycles. The van der Waals surface area contributed by atoms with E-state index in [1.165, 1.54) is 0 Å². The molecule has 1 aliphatic carbocycles. The Morgan fingerprint density at radius 3 is 2.47 bits per heavy atom. The maximum Gasteiger partial charge on any atom is 0.405 e. The average Bonchev–Trinajstić information content (AvgIpc) is 3.57. The molecular weight excluding hydrogens is 410 g/mol. The van der Waals surface area contributed by atoms with Crippen LogP contribution in [0.5, 0.6) is 5.75 Å². The van der Waals surface area contributed by atoms with Crippen molar-refractivity contribution in [3.8, 4) is 16.9 Å². The number of rotatable bonds is 7. The highest BCUT2D eigenvalue weighted by atomic mass is 16.5. The van der Waals surface area contributed by atoms with Crippen LogP contribution in [0.25, 0.3) is 21.9 Å². The Morgan fingerprint density at radius 2 is 1.84 bits per heavy atom. The van der Waals surface area contributed by atoms with Gasteiger partial charge in [-0.05, 0) is 36.6 Å². The smallest absolute Gasteiger partial charge is 0.405 e. The summed E-state index contributed by atoms with van der Waals surface area (Å²) in [6.07, 6.45) is 0.149. The number of pyridine rings is 1. The second kappa shape index (κ2) is 8.37. The Balaban J connectivity index is 1.72. The van der Waals surface area contributed by atoms with Crippen molar-refractivity contribution < 1.29 is 19.4 Å². The van der Waals surface area contributed by atoms with E-state index in [4.69, 9.17) is 9.84 Å². The monoisotopic (exact) mass is 435 g/mol. The largest absolute Gasteiger partial charge is 0.497 e. The van der Waals surface area contributed by atoms with E-state index in [9.17, 15) is 14.4 Å². The Bertz CT molecular complexity index is 1250. The van der Waals surface area contributed by atoms with Gasteiger partial charge in [-0.15, -0.1) is 0 Å². The summed E-state index contributed by atoms with van der Waals surface area (Å²) in [5, 5.41) is 15.5. The summed E-state index contributed by atoms with van der Waals surface area (Å²) in [7, 11) is 3.31. The fourth-order valence-corrected chi connectivity index (χ4v) is 4.09. The number of hydrogen-bond donors (Lipinski definition) is 3. The van der Waals surface area contributed by atoms with Gasteiger partial charge in [-0.3, -0.25) is 9.59 Å². The molecule has 3 aromatic rings. The van der Waals surface area contributed by atoms with Crippen LogP contribution in [0.15, 0.2) is 53.3 Å². The van der Waals surface area contributed by atoms with Crippen LogP contribution in [0.2, 0.25) is 0 Å². The molecule has 0 bridgehead atoms. The number of carboxylic acid groups (broad SMARTS) is 1. The Labute approximate surface area is 184 Å². The topological polar surface area (TPSA) is 110 Å². The van der Waals surface area contributed by atoms with Crippen molar-refractivity contribution in [2.75, 3.05) is 13.7 Å². The highest BCUT2D eigenvalue weighted by molar-refractivity contribution is 5.98. The van der Waals surface area contributed by atoms with Crippen LogP contribution in [0.1, 0.15) is 18.5 Å². The van der Waals surface area contributed by atoms with Crippen LogP contribution >= 0.6 is 0 Å². The van der Waals surface area contributed by atoms with Crippen LogP contribution < -0.4 is 20.9 Å². The molecule has 166 valence electrons. The lowest BCUT2D eigenvalue weighted by Crippen LogP contribution is -2.49. The van der Waals surface area contributed by atoms with E-state index in [0.29, 0.717) is 30.4 Å². The lowest BCUT2D eigenvalue weighted by Gasteiger charge is -2.19. The van der Waals surface area contributed by atoms with Gasteiger partial charge in [0.05, 0.1) is 7.11 Å². The van der Waals surface area contributed by atoms with Crippen molar-refractivity contribution in [1.82, 2.24) is 15.2 Å². The number of methoxy groups -OCH3 is 1. The number of aromatic nitrogens is 1. The molecule has 3 N–H and O–H groups in total. The number of benzene rings is 2. The van der Waals surface area contributed by atoms with Gasteiger partial charge in [0.15, 0.2) is 0 Å². The van der Waals surface area contributed by atoms with Crippen molar-refractivity contribution in [2.24, 2.45) is 7.05 Å². The second-order valence-electron chi connectivity index (χ2n) is 7.98. The highest BCUT2D eigenvalue weighted by Crippen LogP contribution is 2.36. The molecule has 2 aromatic carbocycles. The normalized spacial score (nSPS) is 14.1. The summed E-state index contributed by atoms with van der Waals surface area (Å²) in [6, 6.07) is 15.2. The van der Waals surface area contributed by atoms with Gasteiger partial charge in [-0.25, -0.2) is 4.79 Å². The van der Waals surface area contributed by atoms with E-state index in [0.717, 1.165) is 22.2 Å². The van der Waals surface area contributed by atoms with Crippen LogP contribution in [0.4, 0.5) is 4.79 Å². The first kappa shape index (κ1) is 21.4. The zero-order chi connectivity index (χ0) is 22.9. The van der Waals surface area contributed by atoms with E-state index in [1.54, 1.807) is 30.9 Å². The molecule has 2 amide bonds. The minimum Gasteiger partial charge on any atom is -0.497 e. The predicted octanol–water partition coefficient (Wildman–Crippen LogP) is 2.67. The summed E-state index contributed by atoms with van der Waals surface area (Å²) in [5.74, 6) is 0.311. The summed E-state index contributed by atoms with van der Waals surface area (Å²) in [5.41, 5.74) is 1.47. The van der Waals surface area contributed by atoms with Crippen molar-refractivity contribution in [3.63, 3.8) is 0 Å². The Hall–Kier alpha value is -3.81. The third-order valence-electron chi connectivity index (χ3n) is 5.97. The fraction of sp³-hybridized carbons (Fsp3) is 0.292. The van der Waals surface area contributed by atoms with Crippen molar-refractivity contribution in [3.05, 3.63) is 64.6 Å². The number of fused-ring (bicyclic) bond motifs is 1. The lowest BCUT2D eigenvalue weighted by atomic mass is 9.95. The first-order valence-electron chi connectivity index (χ1n) is 10.4. The van der Waals surface area contributed by atoms with E-state index >= 15 is 0 Å². The number of carbonyl (C=O) groups is 2. The van der Waals surface area contributed by atoms with Gasteiger partial charge in [0.1, 0.15) is 11.3 Å². The molecule has 4 rings (SSSR count). The molecule has 1 fully saturated rings. The number of amides is 2. The molecule has 1 heterocycles. The number of nitrogens with zero attached hydrogens (tertiary/aromatic N) is 1. The maximum atomic E-state index is 13.1. The summed E-state index contributed by atoms with van der Waals surface area (Å²) in [6.45, 7) is 0.268. The van der Waals surface area contributed by atoms with Gasteiger partial charge >= 0.3 is 6.09 Å². The number of hydrogen-bond acceptors (Lipinski definition) is 4. The SMILES string of the molecule is COc1ccc2c(=O)n(C)c(CCNC(=O)C3(NC(=O)O)CC3)c(-c3ccccc3)c2c1. The zero-order valence-electron chi connectivity index (χ0n) is 18.0. The van der Waals surface area contributed by atoms with Crippen molar-refractivity contribution in [1.29, 1.82) is 0 Å². The highest BCUT2D eigenvalue weighted by Gasteiger charge is 2.51. The van der Waals surface area contributed by atoms with E-state index in [2.05, 4.69) is 10.6 Å². The standard InChI is InChI=1S/C24H25N3O5/c1-27-19(10-13-25-22(29)24(11-12-24)26-23(30)31)20(15-6-4-3-5-7-15)18-14-16(32-2)8-9-17(18)21(27)28/h3-9,14,26H,10-13H2,1-2H3,(H,25,29)(H,30,31). The second-order valence-corrected chi connectivity index (χ2v) is 7.98. The third-order valence-corrected chi connectivity index (χ3v) is 5.97. The van der Waals surface area contributed by atoms with Gasteiger partial charge < -0.3 is 25.0 Å². The van der Waals surface area contributed by atoms with Crippen LogP contribution in [0, 0.1) is 0 Å². The molecule has 0 radical (unpaired) electrons. The molecule has 1 aliphatic rings. The van der Waals surface area contributed by atoms with Crippen LogP contribution in [0.3, 0.4) is 0 Å². The first-order valence-corrected chi connectivity index (χ1v) is 10.4. The number of carbonyl (C=O) groups excluding carboxylic acids is 1. The van der Waals surface area contributed by atoms with Gasteiger partial charge in [0.2, 0.25) is 5.91 Å². The summed E-state index contributed by atoms with van der Waals surface area (Å²) < 4.78 is 7.01. The summed E-state index contributed by atoms with van der Waals surface area (Å²) >= 11 is 0. The molecular formula is C24H25N3O5. The summed E-state index contributed by atoms with van der Waals surface area (Å²) in [4.78, 5) is 36.6. The molecule has 0 saturated heterocycles. The third kappa shape index (κ3) is 3.91. The van der Waals surface area contributed by atoms with Gasteiger partial charge in [-0.2, -0.15) is 0 Å². The number of ether oxygens (including phenoxy) is 1. The first-order chi connectivity index (χ1) is 15.4. The average molecular weight is 435 g/mol. The van der Waals surface area contributed by atoms with Gasteiger partial charge in [0, 0.05) is 42.0 Å². The molecule has 0 aliphatic heterocycles. The maximum absolute atomic E-state index is 13.1. The number of nitrogens with one attached hydrogen (secondary N) is 2. The predicted molar refractivity (Wildman–Crippen MR) is 121 cm³/mol. The minimum atomic E-state index is -1.21. The molecule has 0 spiro atoms. The Morgan fingerprint density at radius 1 is 1.12 bits per heavy atom. The molecule has 1 saturated carbocycles. The molecule has 8 heteroatoms. The van der Waals surface area contributed by atoms with E-state index in [-0.39, 0.29) is 18.0 Å².